The van der Waals surface area contributed by atoms with Gasteiger partial charge in [0, 0.05) is 6.20 Å². The van der Waals surface area contributed by atoms with Crippen LogP contribution in [0.3, 0.4) is 0 Å². The molecule has 0 aliphatic carbocycles. The van der Waals surface area contributed by atoms with Gasteiger partial charge in [0.15, 0.2) is 0 Å². The number of nitrogens with zero attached hydrogens (tertiary/aromatic N) is 2. The van der Waals surface area contributed by atoms with Crippen molar-refractivity contribution in [3.05, 3.63) is 11.9 Å². The fraction of sp³-hybridized carbons (Fsp3) is 0.429. The maximum atomic E-state index is 10.7. The lowest BCUT2D eigenvalue weighted by atomic mass is 10.3. The number of amides is 1. The molecule has 4 N–H and O–H groups in total. The van der Waals surface area contributed by atoms with Crippen molar-refractivity contribution in [2.45, 2.75) is 19.9 Å². The summed E-state index contributed by atoms with van der Waals surface area (Å²) < 4.78 is 1.47. The van der Waals surface area contributed by atoms with Gasteiger partial charge in [0.1, 0.15) is 6.04 Å². The van der Waals surface area contributed by atoms with E-state index in [1.165, 1.54) is 4.68 Å². The van der Waals surface area contributed by atoms with Crippen molar-refractivity contribution in [3.8, 4) is 0 Å². The van der Waals surface area contributed by atoms with Gasteiger partial charge in [-0.1, -0.05) is 0 Å². The number of nitrogen functional groups attached to an aromatic ring is 1. The Balaban J connectivity index is 2.96. The van der Waals surface area contributed by atoms with Crippen molar-refractivity contribution in [3.63, 3.8) is 0 Å². The van der Waals surface area contributed by atoms with Gasteiger partial charge in [-0.3, -0.25) is 9.48 Å². The number of primary amides is 1. The van der Waals surface area contributed by atoms with Crippen molar-refractivity contribution in [1.82, 2.24) is 9.78 Å². The first-order chi connectivity index (χ1) is 5.52. The first kappa shape index (κ1) is 8.58. The maximum absolute atomic E-state index is 10.7. The molecule has 1 aromatic heterocycles. The van der Waals surface area contributed by atoms with Crippen LogP contribution < -0.4 is 11.5 Å². The van der Waals surface area contributed by atoms with E-state index in [0.717, 1.165) is 0 Å². The van der Waals surface area contributed by atoms with E-state index in [-0.39, 0.29) is 0 Å². The van der Waals surface area contributed by atoms with Gasteiger partial charge in [-0.15, -0.1) is 0 Å². The van der Waals surface area contributed by atoms with Crippen molar-refractivity contribution < 1.29 is 4.79 Å². The topological polar surface area (TPSA) is 86.9 Å². The van der Waals surface area contributed by atoms with Gasteiger partial charge in [0.05, 0.1) is 11.4 Å². The van der Waals surface area contributed by atoms with Crippen LogP contribution in [-0.2, 0) is 4.79 Å². The Morgan fingerprint density at radius 3 is 2.67 bits per heavy atom. The summed E-state index contributed by atoms with van der Waals surface area (Å²) in [4.78, 5) is 10.7. The van der Waals surface area contributed by atoms with E-state index >= 15 is 0 Å². The van der Waals surface area contributed by atoms with E-state index in [2.05, 4.69) is 5.10 Å². The van der Waals surface area contributed by atoms with Crippen LogP contribution in [0.4, 0.5) is 5.69 Å². The fourth-order valence-electron chi connectivity index (χ4n) is 0.824. The predicted molar refractivity (Wildman–Crippen MR) is 45.3 cm³/mol. The van der Waals surface area contributed by atoms with Gasteiger partial charge >= 0.3 is 0 Å². The summed E-state index contributed by atoms with van der Waals surface area (Å²) in [6.07, 6.45) is 1.60. The van der Waals surface area contributed by atoms with Crippen LogP contribution in [0.2, 0.25) is 0 Å². The smallest absolute Gasteiger partial charge is 0.241 e. The molecule has 0 fully saturated rings. The quantitative estimate of drug-likeness (QED) is 0.642. The zero-order valence-electron chi connectivity index (χ0n) is 7.11. The van der Waals surface area contributed by atoms with E-state index in [4.69, 9.17) is 11.5 Å². The van der Waals surface area contributed by atoms with E-state index in [9.17, 15) is 4.79 Å². The number of anilines is 1. The van der Waals surface area contributed by atoms with Crippen molar-refractivity contribution in [2.75, 3.05) is 5.73 Å². The minimum atomic E-state index is -0.444. The lowest BCUT2D eigenvalue weighted by Crippen LogP contribution is -2.24. The van der Waals surface area contributed by atoms with Crippen LogP contribution in [0, 0.1) is 6.92 Å². The monoisotopic (exact) mass is 168 g/mol. The molecule has 0 saturated carbocycles. The average Bonchev–Trinajstić information content (AvgIpc) is 2.30. The number of hydrogen-bond donors (Lipinski definition) is 2. The molecule has 1 rings (SSSR count). The highest BCUT2D eigenvalue weighted by Crippen LogP contribution is 2.11. The molecule has 0 saturated heterocycles. The second-order valence-corrected chi connectivity index (χ2v) is 2.73. The number of carbonyl (C=O) groups excluding carboxylic acids is 1. The third-order valence-electron chi connectivity index (χ3n) is 1.76. The third kappa shape index (κ3) is 1.39. The van der Waals surface area contributed by atoms with Crippen molar-refractivity contribution >= 4 is 11.6 Å². The summed E-state index contributed by atoms with van der Waals surface area (Å²) in [7, 11) is 0. The Labute approximate surface area is 70.3 Å². The summed E-state index contributed by atoms with van der Waals surface area (Å²) in [5.41, 5.74) is 11.9. The highest BCUT2D eigenvalue weighted by atomic mass is 16.1. The molecule has 1 unspecified atom stereocenters. The Morgan fingerprint density at radius 1 is 1.75 bits per heavy atom. The third-order valence-corrected chi connectivity index (χ3v) is 1.76. The van der Waals surface area contributed by atoms with E-state index < -0.39 is 11.9 Å². The zero-order valence-corrected chi connectivity index (χ0v) is 7.11. The second-order valence-electron chi connectivity index (χ2n) is 2.73. The van der Waals surface area contributed by atoms with E-state index in [1.807, 2.05) is 0 Å². The molecule has 5 heteroatoms. The van der Waals surface area contributed by atoms with E-state index in [0.29, 0.717) is 11.4 Å². The molecular weight excluding hydrogens is 156 g/mol. The summed E-state index contributed by atoms with van der Waals surface area (Å²) in [5.74, 6) is -0.419. The normalized spacial score (nSPS) is 12.8. The molecule has 0 spiro atoms. The zero-order chi connectivity index (χ0) is 9.30. The molecule has 0 bridgehead atoms. The number of carbonyl (C=O) groups is 1. The number of nitrogens with two attached hydrogens (primary N) is 2. The summed E-state index contributed by atoms with van der Waals surface area (Å²) >= 11 is 0. The average molecular weight is 168 g/mol. The van der Waals surface area contributed by atoms with Crippen LogP contribution in [0.1, 0.15) is 18.7 Å². The second kappa shape index (κ2) is 2.84. The Kier molecular flexibility index (Phi) is 2.03. The van der Waals surface area contributed by atoms with Crippen LogP contribution in [0.15, 0.2) is 6.20 Å². The first-order valence-corrected chi connectivity index (χ1v) is 3.63. The fourth-order valence-corrected chi connectivity index (χ4v) is 0.824. The maximum Gasteiger partial charge on any atom is 0.241 e. The largest absolute Gasteiger partial charge is 0.396 e. The summed E-state index contributed by atoms with van der Waals surface area (Å²) in [5, 5.41) is 4.02. The lowest BCUT2D eigenvalue weighted by Gasteiger charge is -2.05. The van der Waals surface area contributed by atoms with Crippen LogP contribution >= 0.6 is 0 Å². The SMILES string of the molecule is Cc1nn(C(C)C(N)=O)cc1N. The van der Waals surface area contributed by atoms with Gasteiger partial charge < -0.3 is 11.5 Å². The molecule has 0 radical (unpaired) electrons. The Bertz CT molecular complexity index is 285. The Hall–Kier alpha value is -1.52. The molecule has 1 aromatic rings. The van der Waals surface area contributed by atoms with Crippen LogP contribution in [0.5, 0.6) is 0 Å². The van der Waals surface area contributed by atoms with Gasteiger partial charge in [0.25, 0.3) is 0 Å². The number of hydrogen-bond acceptors (Lipinski definition) is 3. The minimum absolute atomic E-state index is 0.419. The van der Waals surface area contributed by atoms with Gasteiger partial charge in [-0.2, -0.15) is 5.10 Å². The predicted octanol–water partition coefficient (Wildman–Crippen LogP) is -0.180. The molecule has 1 atom stereocenters. The number of aromatic nitrogens is 2. The lowest BCUT2D eigenvalue weighted by molar-refractivity contribution is -0.120. The van der Waals surface area contributed by atoms with Crippen LogP contribution in [-0.4, -0.2) is 15.7 Å². The molecule has 1 amide bonds. The Morgan fingerprint density at radius 2 is 2.33 bits per heavy atom. The highest BCUT2D eigenvalue weighted by Gasteiger charge is 2.12. The van der Waals surface area contributed by atoms with E-state index in [1.54, 1.807) is 20.0 Å². The molecule has 0 aliphatic rings. The standard InChI is InChI=1S/C7H12N4O/c1-4-6(8)3-11(10-4)5(2)7(9)12/h3,5H,8H2,1-2H3,(H2,9,12). The van der Waals surface area contributed by atoms with Gasteiger partial charge in [0.2, 0.25) is 5.91 Å². The number of rotatable bonds is 2. The molecule has 12 heavy (non-hydrogen) atoms. The van der Waals surface area contributed by atoms with Crippen LogP contribution in [0.25, 0.3) is 0 Å². The minimum Gasteiger partial charge on any atom is -0.396 e. The molecule has 0 aliphatic heterocycles. The molecule has 1 heterocycles. The molecule has 0 aromatic carbocycles. The summed E-state index contributed by atoms with van der Waals surface area (Å²) in [6.45, 7) is 3.45. The van der Waals surface area contributed by atoms with Gasteiger partial charge in [-0.25, -0.2) is 0 Å². The number of aryl methyl sites for hydroxylation is 1. The first-order valence-electron chi connectivity index (χ1n) is 3.63. The van der Waals surface area contributed by atoms with Gasteiger partial charge in [-0.05, 0) is 13.8 Å². The highest BCUT2D eigenvalue weighted by molar-refractivity contribution is 5.77. The summed E-state index contributed by atoms with van der Waals surface area (Å²) in [6, 6.07) is -0.444. The molecular formula is C7H12N4O. The van der Waals surface area contributed by atoms with Crippen molar-refractivity contribution in [1.29, 1.82) is 0 Å². The molecule has 66 valence electrons. The molecule has 5 nitrogen and oxygen atoms in total. The van der Waals surface area contributed by atoms with Crippen molar-refractivity contribution in [2.24, 2.45) is 5.73 Å².